The average molecular weight is 424 g/mol. The van der Waals surface area contributed by atoms with E-state index in [2.05, 4.69) is 36.2 Å². The van der Waals surface area contributed by atoms with Crippen molar-refractivity contribution in [1.29, 1.82) is 0 Å². The highest BCUT2D eigenvalue weighted by atomic mass is 15.3. The van der Waals surface area contributed by atoms with Crippen LogP contribution in [0.2, 0.25) is 0 Å². The molecule has 3 N–H and O–H groups in total. The van der Waals surface area contributed by atoms with E-state index in [9.17, 15) is 0 Å². The third-order valence-corrected chi connectivity index (χ3v) is 9.26. The molecule has 4 fully saturated rings. The lowest BCUT2D eigenvalue weighted by atomic mass is 9.64. The predicted molar refractivity (Wildman–Crippen MR) is 132 cm³/mol. The first-order chi connectivity index (χ1) is 15.0. The standard InChI is InChI=1S/C28H45N3/c1-20-14-21(2)18-28(17-20,19-22-8-4-3-5-9-22)31-24-12-13-25(31)16-23(15-24)30-27-11-7-6-10-26(27)29/h6-7,10-11,20-25,30H,3-5,8-9,12-19,29H2,1-2H3/t20?,21?,23?,24-,25+,28?. The molecule has 0 radical (unpaired) electrons. The Hall–Kier alpha value is -1.22. The number of anilines is 2. The molecule has 0 spiro atoms. The summed E-state index contributed by atoms with van der Waals surface area (Å²) >= 11 is 0. The van der Waals surface area contributed by atoms with E-state index in [4.69, 9.17) is 5.73 Å². The van der Waals surface area contributed by atoms with Crippen LogP contribution >= 0.6 is 0 Å². The molecular formula is C28H45N3. The van der Waals surface area contributed by atoms with Gasteiger partial charge in [-0.2, -0.15) is 0 Å². The number of piperidine rings is 1. The topological polar surface area (TPSA) is 41.3 Å². The van der Waals surface area contributed by atoms with Crippen LogP contribution in [0.3, 0.4) is 0 Å². The fraction of sp³-hybridized carbons (Fsp3) is 0.786. The Morgan fingerprint density at radius 1 is 0.903 bits per heavy atom. The van der Waals surface area contributed by atoms with E-state index in [1.807, 2.05) is 12.1 Å². The summed E-state index contributed by atoms with van der Waals surface area (Å²) in [5.41, 5.74) is 8.75. The molecule has 0 amide bonds. The Morgan fingerprint density at radius 3 is 2.19 bits per heavy atom. The molecule has 5 rings (SSSR count). The number of benzene rings is 1. The van der Waals surface area contributed by atoms with E-state index >= 15 is 0 Å². The monoisotopic (exact) mass is 423 g/mol. The Morgan fingerprint density at radius 2 is 1.55 bits per heavy atom. The Labute approximate surface area is 190 Å². The molecule has 3 heteroatoms. The van der Waals surface area contributed by atoms with Gasteiger partial charge in [-0.05, 0) is 81.3 Å². The maximum atomic E-state index is 6.25. The van der Waals surface area contributed by atoms with E-state index < -0.39 is 0 Å². The number of hydrogen-bond donors (Lipinski definition) is 2. The maximum absolute atomic E-state index is 6.25. The van der Waals surface area contributed by atoms with Crippen molar-refractivity contribution in [3.05, 3.63) is 24.3 Å². The van der Waals surface area contributed by atoms with Gasteiger partial charge in [0.1, 0.15) is 0 Å². The van der Waals surface area contributed by atoms with Crippen LogP contribution in [0.4, 0.5) is 11.4 Å². The summed E-state index contributed by atoms with van der Waals surface area (Å²) in [5, 5.41) is 3.83. The molecule has 2 aliphatic heterocycles. The number of fused-ring (bicyclic) bond motifs is 2. The van der Waals surface area contributed by atoms with Crippen molar-refractivity contribution in [2.45, 2.75) is 121 Å². The van der Waals surface area contributed by atoms with Gasteiger partial charge in [0.05, 0.1) is 11.4 Å². The van der Waals surface area contributed by atoms with E-state index in [1.165, 1.54) is 83.5 Å². The molecular weight excluding hydrogens is 378 g/mol. The molecule has 3 nitrogen and oxygen atoms in total. The van der Waals surface area contributed by atoms with Gasteiger partial charge < -0.3 is 11.1 Å². The molecule has 2 saturated heterocycles. The largest absolute Gasteiger partial charge is 0.397 e. The van der Waals surface area contributed by atoms with Gasteiger partial charge >= 0.3 is 0 Å². The van der Waals surface area contributed by atoms with Crippen molar-refractivity contribution in [3.8, 4) is 0 Å². The number of hydrogen-bond acceptors (Lipinski definition) is 3. The third-order valence-electron chi connectivity index (χ3n) is 9.26. The van der Waals surface area contributed by atoms with Crippen LogP contribution in [0.1, 0.15) is 97.3 Å². The van der Waals surface area contributed by atoms with Gasteiger partial charge in [-0.1, -0.05) is 58.1 Å². The second kappa shape index (κ2) is 8.96. The van der Waals surface area contributed by atoms with Gasteiger partial charge in [0.25, 0.3) is 0 Å². The highest BCUT2D eigenvalue weighted by Gasteiger charge is 2.53. The van der Waals surface area contributed by atoms with Gasteiger partial charge in [-0.25, -0.2) is 0 Å². The molecule has 4 aliphatic rings. The minimum absolute atomic E-state index is 0.474. The summed E-state index contributed by atoms with van der Waals surface area (Å²) in [6.07, 6.45) is 18.6. The number of rotatable bonds is 5. The summed E-state index contributed by atoms with van der Waals surface area (Å²) in [6.45, 7) is 5.08. The minimum atomic E-state index is 0.474. The van der Waals surface area contributed by atoms with E-state index in [1.54, 1.807) is 0 Å². The second-order valence-electron chi connectivity index (χ2n) is 12.0. The van der Waals surface area contributed by atoms with E-state index in [0.717, 1.165) is 41.2 Å². The summed E-state index contributed by atoms with van der Waals surface area (Å²) in [5.74, 6) is 2.74. The molecule has 1 aromatic carbocycles. The quantitative estimate of drug-likeness (QED) is 0.509. The fourth-order valence-electron chi connectivity index (χ4n) is 8.56. The molecule has 2 aliphatic carbocycles. The van der Waals surface area contributed by atoms with Gasteiger partial charge in [-0.3, -0.25) is 4.90 Å². The first-order valence-electron chi connectivity index (χ1n) is 13.4. The SMILES string of the molecule is CC1CC(C)CC(CC2CCCCC2)(N2[C@@H]3CC[C@H]2CC(Nc2ccccc2N)C3)C1. The van der Waals surface area contributed by atoms with Gasteiger partial charge in [0.15, 0.2) is 0 Å². The third kappa shape index (κ3) is 4.49. The first kappa shape index (κ1) is 21.6. The van der Waals surface area contributed by atoms with E-state index in [-0.39, 0.29) is 0 Å². The van der Waals surface area contributed by atoms with Crippen molar-refractivity contribution < 1.29 is 0 Å². The number of para-hydroxylation sites is 2. The average Bonchev–Trinajstić information content (AvgIpc) is 3.02. The van der Waals surface area contributed by atoms with Crippen LogP contribution < -0.4 is 11.1 Å². The van der Waals surface area contributed by atoms with Crippen LogP contribution in [-0.4, -0.2) is 28.6 Å². The van der Waals surface area contributed by atoms with Crippen molar-refractivity contribution in [2.24, 2.45) is 17.8 Å². The lowest BCUT2D eigenvalue weighted by Gasteiger charge is -2.57. The molecule has 31 heavy (non-hydrogen) atoms. The highest BCUT2D eigenvalue weighted by molar-refractivity contribution is 5.66. The number of nitrogens with one attached hydrogen (secondary N) is 1. The van der Waals surface area contributed by atoms with Gasteiger partial charge in [0, 0.05) is 23.7 Å². The molecule has 2 saturated carbocycles. The minimum Gasteiger partial charge on any atom is -0.397 e. The molecule has 3 unspecified atom stereocenters. The number of nitrogen functional groups attached to an aromatic ring is 1. The summed E-state index contributed by atoms with van der Waals surface area (Å²) in [4.78, 5) is 3.14. The molecule has 2 bridgehead atoms. The van der Waals surface area contributed by atoms with Crippen molar-refractivity contribution in [2.75, 3.05) is 11.1 Å². The zero-order valence-corrected chi connectivity index (χ0v) is 20.0. The summed E-state index contributed by atoms with van der Waals surface area (Å²) < 4.78 is 0. The van der Waals surface area contributed by atoms with Crippen LogP contribution in [0.15, 0.2) is 24.3 Å². The van der Waals surface area contributed by atoms with Gasteiger partial charge in [-0.15, -0.1) is 0 Å². The normalized spacial score (nSPS) is 39.5. The smallest absolute Gasteiger partial charge is 0.0576 e. The molecule has 172 valence electrons. The maximum Gasteiger partial charge on any atom is 0.0576 e. The summed E-state index contributed by atoms with van der Waals surface area (Å²) in [7, 11) is 0. The molecule has 5 atom stereocenters. The van der Waals surface area contributed by atoms with Crippen LogP contribution in [-0.2, 0) is 0 Å². The Kier molecular flexibility index (Phi) is 6.25. The van der Waals surface area contributed by atoms with Crippen molar-refractivity contribution >= 4 is 11.4 Å². The van der Waals surface area contributed by atoms with E-state index in [0.29, 0.717) is 11.6 Å². The van der Waals surface area contributed by atoms with Crippen LogP contribution in [0.5, 0.6) is 0 Å². The van der Waals surface area contributed by atoms with Crippen LogP contribution in [0.25, 0.3) is 0 Å². The van der Waals surface area contributed by atoms with Crippen LogP contribution in [0, 0.1) is 17.8 Å². The summed E-state index contributed by atoms with van der Waals surface area (Å²) in [6, 6.07) is 10.4. The lowest BCUT2D eigenvalue weighted by Crippen LogP contribution is -2.61. The first-order valence-corrected chi connectivity index (χ1v) is 13.4. The van der Waals surface area contributed by atoms with Crippen molar-refractivity contribution in [3.63, 3.8) is 0 Å². The zero-order chi connectivity index (χ0) is 21.4. The second-order valence-corrected chi connectivity index (χ2v) is 12.0. The van der Waals surface area contributed by atoms with Crippen molar-refractivity contribution in [1.82, 2.24) is 4.90 Å². The lowest BCUT2D eigenvalue weighted by molar-refractivity contribution is -0.0581. The molecule has 2 heterocycles. The molecule has 0 aromatic heterocycles. The predicted octanol–water partition coefficient (Wildman–Crippen LogP) is 6.84. The Balaban J connectivity index is 1.36. The fourth-order valence-corrected chi connectivity index (χ4v) is 8.56. The zero-order valence-electron chi connectivity index (χ0n) is 20.0. The molecule has 1 aromatic rings. The van der Waals surface area contributed by atoms with Gasteiger partial charge in [0.2, 0.25) is 0 Å². The highest BCUT2D eigenvalue weighted by Crippen LogP contribution is 2.52. The Bertz CT molecular complexity index is 716. The number of nitrogens with zero attached hydrogens (tertiary/aromatic N) is 1. The number of nitrogens with two attached hydrogens (primary N) is 1.